The number of aliphatic hydroxyl groups excluding tert-OH is 1. The van der Waals surface area contributed by atoms with Gasteiger partial charge in [-0.05, 0) is 44.2 Å². The Hall–Kier alpha value is -1.13. The molecule has 0 amide bonds. The van der Waals surface area contributed by atoms with Crippen molar-refractivity contribution in [3.05, 3.63) is 29.6 Å². The van der Waals surface area contributed by atoms with Crippen molar-refractivity contribution in [1.29, 1.82) is 0 Å². The molecule has 1 aromatic rings. The fourth-order valence-corrected chi connectivity index (χ4v) is 2.62. The first-order valence-corrected chi connectivity index (χ1v) is 7.06. The maximum atomic E-state index is 14.2. The van der Waals surface area contributed by atoms with Crippen LogP contribution in [-0.2, 0) is 0 Å². The number of benzene rings is 1. The third-order valence-electron chi connectivity index (χ3n) is 3.87. The smallest absolute Gasteiger partial charge is 0.146 e. The van der Waals surface area contributed by atoms with Gasteiger partial charge in [-0.3, -0.25) is 0 Å². The summed E-state index contributed by atoms with van der Waals surface area (Å²) in [4.78, 5) is 2.10. The Labute approximate surface area is 114 Å². The van der Waals surface area contributed by atoms with Crippen molar-refractivity contribution in [2.24, 2.45) is 5.73 Å². The van der Waals surface area contributed by atoms with E-state index in [1.165, 1.54) is 12.5 Å². The minimum atomic E-state index is -0.209. The SMILES string of the molecule is CC(N)c1cccc(F)c1N(CCCO)C1CCC1. The molecule has 0 heterocycles. The normalized spacial score (nSPS) is 17.1. The molecule has 0 bridgehead atoms. The Morgan fingerprint density at radius 3 is 2.74 bits per heavy atom. The third-order valence-corrected chi connectivity index (χ3v) is 3.87. The lowest BCUT2D eigenvalue weighted by Crippen LogP contribution is -2.42. The first kappa shape index (κ1) is 14.3. The van der Waals surface area contributed by atoms with Crippen LogP contribution in [0.1, 0.15) is 44.2 Å². The number of rotatable bonds is 6. The van der Waals surface area contributed by atoms with E-state index in [9.17, 15) is 4.39 Å². The molecule has 0 saturated heterocycles. The summed E-state index contributed by atoms with van der Waals surface area (Å²) in [5.74, 6) is -0.209. The molecule has 3 nitrogen and oxygen atoms in total. The van der Waals surface area contributed by atoms with Gasteiger partial charge in [-0.15, -0.1) is 0 Å². The summed E-state index contributed by atoms with van der Waals surface area (Å²) < 4.78 is 14.2. The summed E-state index contributed by atoms with van der Waals surface area (Å²) in [5.41, 5.74) is 7.45. The predicted molar refractivity (Wildman–Crippen MR) is 75.7 cm³/mol. The largest absolute Gasteiger partial charge is 0.396 e. The minimum absolute atomic E-state index is 0.130. The fraction of sp³-hybridized carbons (Fsp3) is 0.600. The highest BCUT2D eigenvalue weighted by molar-refractivity contribution is 5.57. The average Bonchev–Trinajstić information content (AvgIpc) is 2.32. The van der Waals surface area contributed by atoms with Gasteiger partial charge < -0.3 is 15.7 Å². The van der Waals surface area contributed by atoms with E-state index in [0.717, 1.165) is 18.4 Å². The van der Waals surface area contributed by atoms with Crippen LogP contribution >= 0.6 is 0 Å². The van der Waals surface area contributed by atoms with Crippen LogP contribution < -0.4 is 10.6 Å². The standard InChI is InChI=1S/C15H23FN2O/c1-11(17)13-7-3-8-14(16)15(13)18(9-4-10-19)12-5-2-6-12/h3,7-8,11-12,19H,2,4-6,9-10,17H2,1H3. The van der Waals surface area contributed by atoms with Gasteiger partial charge in [0.2, 0.25) is 0 Å². The highest BCUT2D eigenvalue weighted by Gasteiger charge is 2.28. The van der Waals surface area contributed by atoms with E-state index in [-0.39, 0.29) is 18.5 Å². The Morgan fingerprint density at radius 2 is 2.21 bits per heavy atom. The maximum absolute atomic E-state index is 14.2. The van der Waals surface area contributed by atoms with Crippen molar-refractivity contribution in [3.63, 3.8) is 0 Å². The van der Waals surface area contributed by atoms with E-state index in [2.05, 4.69) is 4.90 Å². The molecule has 0 aromatic heterocycles. The molecule has 2 rings (SSSR count). The summed E-state index contributed by atoms with van der Waals surface area (Å²) >= 11 is 0. The molecule has 1 aromatic carbocycles. The molecule has 1 fully saturated rings. The first-order chi connectivity index (χ1) is 9.15. The molecule has 4 heteroatoms. The lowest BCUT2D eigenvalue weighted by Gasteiger charge is -2.40. The molecule has 106 valence electrons. The van der Waals surface area contributed by atoms with Gasteiger partial charge >= 0.3 is 0 Å². The molecular formula is C15H23FN2O. The fourth-order valence-electron chi connectivity index (χ4n) is 2.62. The van der Waals surface area contributed by atoms with Crippen LogP contribution in [0.3, 0.4) is 0 Å². The Balaban J connectivity index is 2.33. The van der Waals surface area contributed by atoms with Crippen LogP contribution in [0, 0.1) is 5.82 Å². The topological polar surface area (TPSA) is 49.5 Å². The molecule has 0 radical (unpaired) electrons. The summed E-state index contributed by atoms with van der Waals surface area (Å²) in [6.07, 6.45) is 4.04. The van der Waals surface area contributed by atoms with Crippen LogP contribution in [0.25, 0.3) is 0 Å². The van der Waals surface area contributed by atoms with Crippen molar-refractivity contribution in [2.75, 3.05) is 18.1 Å². The van der Waals surface area contributed by atoms with E-state index >= 15 is 0 Å². The molecule has 19 heavy (non-hydrogen) atoms. The maximum Gasteiger partial charge on any atom is 0.146 e. The number of hydrogen-bond donors (Lipinski definition) is 2. The van der Waals surface area contributed by atoms with Gasteiger partial charge in [0.15, 0.2) is 0 Å². The average molecular weight is 266 g/mol. The predicted octanol–water partition coefficient (Wildman–Crippen LogP) is 2.59. The zero-order chi connectivity index (χ0) is 13.8. The second kappa shape index (κ2) is 6.35. The summed E-state index contributed by atoms with van der Waals surface area (Å²) in [5, 5.41) is 9.04. The van der Waals surface area contributed by atoms with Crippen LogP contribution in [0.15, 0.2) is 18.2 Å². The van der Waals surface area contributed by atoms with E-state index in [4.69, 9.17) is 10.8 Å². The number of anilines is 1. The van der Waals surface area contributed by atoms with E-state index in [1.54, 1.807) is 6.07 Å². The lowest BCUT2D eigenvalue weighted by atomic mass is 9.90. The number of halogens is 1. The van der Waals surface area contributed by atoms with Crippen LogP contribution in [-0.4, -0.2) is 24.3 Å². The lowest BCUT2D eigenvalue weighted by molar-refractivity contribution is 0.282. The summed E-state index contributed by atoms with van der Waals surface area (Å²) in [6.45, 7) is 2.69. The van der Waals surface area contributed by atoms with Gasteiger partial charge in [-0.25, -0.2) is 4.39 Å². The van der Waals surface area contributed by atoms with E-state index in [0.29, 0.717) is 24.7 Å². The second-order valence-electron chi connectivity index (χ2n) is 5.32. The molecule has 1 saturated carbocycles. The number of nitrogens with two attached hydrogens (primary N) is 1. The second-order valence-corrected chi connectivity index (χ2v) is 5.32. The van der Waals surface area contributed by atoms with Crippen molar-refractivity contribution < 1.29 is 9.50 Å². The molecule has 0 spiro atoms. The van der Waals surface area contributed by atoms with Gasteiger partial charge in [0.1, 0.15) is 5.82 Å². The van der Waals surface area contributed by atoms with Gasteiger partial charge in [0.05, 0.1) is 5.69 Å². The zero-order valence-corrected chi connectivity index (χ0v) is 11.5. The van der Waals surface area contributed by atoms with E-state index < -0.39 is 0 Å². The van der Waals surface area contributed by atoms with Crippen LogP contribution in [0.2, 0.25) is 0 Å². The molecule has 1 aliphatic rings. The number of para-hydroxylation sites is 1. The summed E-state index contributed by atoms with van der Waals surface area (Å²) in [6, 6.07) is 5.30. The van der Waals surface area contributed by atoms with Crippen LogP contribution in [0.5, 0.6) is 0 Å². The number of nitrogens with zero attached hydrogens (tertiary/aromatic N) is 1. The Morgan fingerprint density at radius 1 is 1.47 bits per heavy atom. The van der Waals surface area contributed by atoms with Crippen molar-refractivity contribution in [2.45, 2.75) is 44.7 Å². The Bertz CT molecular complexity index is 419. The molecule has 0 aliphatic heterocycles. The van der Waals surface area contributed by atoms with Gasteiger partial charge in [0.25, 0.3) is 0 Å². The first-order valence-electron chi connectivity index (χ1n) is 7.06. The van der Waals surface area contributed by atoms with Gasteiger partial charge in [-0.2, -0.15) is 0 Å². The molecular weight excluding hydrogens is 243 g/mol. The highest BCUT2D eigenvalue weighted by Crippen LogP contribution is 2.35. The van der Waals surface area contributed by atoms with Crippen molar-refractivity contribution >= 4 is 5.69 Å². The number of hydrogen-bond acceptors (Lipinski definition) is 3. The molecule has 1 aliphatic carbocycles. The quantitative estimate of drug-likeness (QED) is 0.832. The van der Waals surface area contributed by atoms with Gasteiger partial charge in [-0.1, -0.05) is 12.1 Å². The third kappa shape index (κ3) is 3.07. The van der Waals surface area contributed by atoms with Crippen molar-refractivity contribution in [1.82, 2.24) is 0 Å². The monoisotopic (exact) mass is 266 g/mol. The molecule has 1 unspecified atom stereocenters. The van der Waals surface area contributed by atoms with Crippen LogP contribution in [0.4, 0.5) is 10.1 Å². The highest BCUT2D eigenvalue weighted by atomic mass is 19.1. The molecule has 1 atom stereocenters. The van der Waals surface area contributed by atoms with Crippen molar-refractivity contribution in [3.8, 4) is 0 Å². The minimum Gasteiger partial charge on any atom is -0.396 e. The molecule has 3 N–H and O–H groups in total. The van der Waals surface area contributed by atoms with Gasteiger partial charge in [0, 0.05) is 25.2 Å². The Kier molecular flexibility index (Phi) is 4.77. The zero-order valence-electron chi connectivity index (χ0n) is 11.5. The van der Waals surface area contributed by atoms with E-state index in [1.807, 2.05) is 13.0 Å². The summed E-state index contributed by atoms with van der Waals surface area (Å²) in [7, 11) is 0. The number of aliphatic hydroxyl groups is 1.